The zero-order valence-corrected chi connectivity index (χ0v) is 12.2. The van der Waals surface area contributed by atoms with E-state index in [-0.39, 0.29) is 6.17 Å². The van der Waals surface area contributed by atoms with Gasteiger partial charge in [0.2, 0.25) is 0 Å². The smallest absolute Gasteiger partial charge is 0.127 e. The van der Waals surface area contributed by atoms with E-state index in [4.69, 9.17) is 6.11 Å². The normalized spacial score (nSPS) is 11.6. The van der Waals surface area contributed by atoms with Crippen molar-refractivity contribution in [3.8, 4) is 17.0 Å². The lowest BCUT2D eigenvalue weighted by molar-refractivity contribution is 0.420. The first-order chi connectivity index (χ1) is 11.3. The van der Waals surface area contributed by atoms with E-state index in [1.54, 1.807) is 13.2 Å². The molecule has 0 atom stereocenters. The minimum atomic E-state index is 0.269. The number of pyridine rings is 1. The van der Waals surface area contributed by atoms with Crippen LogP contribution in [0.2, 0.25) is 0 Å². The van der Waals surface area contributed by atoms with Gasteiger partial charge in [0, 0.05) is 22.5 Å². The van der Waals surface area contributed by atoms with E-state index in [9.17, 15) is 0 Å². The number of ether oxygens (including phenoxy) is 1. The third-order valence-corrected chi connectivity index (χ3v) is 3.95. The van der Waals surface area contributed by atoms with E-state index < -0.39 is 0 Å². The maximum Gasteiger partial charge on any atom is 0.127 e. The van der Waals surface area contributed by atoms with Gasteiger partial charge in [-0.1, -0.05) is 54.6 Å². The summed E-state index contributed by atoms with van der Waals surface area (Å²) in [6.07, 6.45) is 0.269. The average Bonchev–Trinajstić information content (AvgIpc) is 2.60. The van der Waals surface area contributed by atoms with Gasteiger partial charge in [0.1, 0.15) is 5.75 Å². The Morgan fingerprint density at radius 3 is 2.50 bits per heavy atom. The molecule has 4 rings (SSSR count). The quantitative estimate of drug-likeness (QED) is 0.513. The molecule has 2 heteroatoms. The van der Waals surface area contributed by atoms with Crippen molar-refractivity contribution in [1.82, 2.24) is 4.98 Å². The van der Waals surface area contributed by atoms with Crippen LogP contribution in [0, 0.1) is 0 Å². The predicted octanol–water partition coefficient (Wildman–Crippen LogP) is 5.06. The molecular formula is C20H15NO. The molecule has 0 N–H and O–H groups in total. The molecule has 2 nitrogen and oxygen atoms in total. The number of fused-ring (bicyclic) bond motifs is 2. The van der Waals surface area contributed by atoms with Crippen molar-refractivity contribution in [1.29, 1.82) is 0 Å². The number of hydrogen-bond donors (Lipinski definition) is 0. The van der Waals surface area contributed by atoms with Crippen LogP contribution in [0.1, 0.15) is 1.37 Å². The molecule has 0 fully saturated rings. The molecule has 22 heavy (non-hydrogen) atoms. The summed E-state index contributed by atoms with van der Waals surface area (Å²) in [6, 6.07) is 22.0. The highest BCUT2D eigenvalue weighted by molar-refractivity contribution is 6.06. The molecule has 0 aliphatic rings. The minimum absolute atomic E-state index is 0.269. The zero-order valence-electron chi connectivity index (χ0n) is 13.2. The van der Waals surface area contributed by atoms with Crippen LogP contribution >= 0.6 is 0 Å². The molecule has 0 aliphatic heterocycles. The molecule has 106 valence electrons. The second kappa shape index (κ2) is 5.15. The lowest BCUT2D eigenvalue weighted by atomic mass is 9.97. The third kappa shape index (κ3) is 1.92. The lowest BCUT2D eigenvalue weighted by Gasteiger charge is -2.12. The Kier molecular flexibility index (Phi) is 2.75. The summed E-state index contributed by atoms with van der Waals surface area (Å²) in [7, 11) is 1.68. The fourth-order valence-electron chi connectivity index (χ4n) is 2.94. The van der Waals surface area contributed by atoms with Gasteiger partial charge in [-0.25, -0.2) is 0 Å². The minimum Gasteiger partial charge on any atom is -0.496 e. The number of benzene rings is 3. The molecule has 0 saturated heterocycles. The van der Waals surface area contributed by atoms with Crippen LogP contribution in [0.3, 0.4) is 0 Å². The van der Waals surface area contributed by atoms with Gasteiger partial charge in [-0.3, -0.25) is 4.98 Å². The van der Waals surface area contributed by atoms with Crippen molar-refractivity contribution in [2.75, 3.05) is 7.11 Å². The molecule has 1 heterocycles. The van der Waals surface area contributed by atoms with Crippen LogP contribution in [-0.2, 0) is 0 Å². The Balaban J connectivity index is 2.15. The van der Waals surface area contributed by atoms with E-state index in [0.29, 0.717) is 0 Å². The number of nitrogens with zero attached hydrogens (tertiary/aromatic N) is 1. The van der Waals surface area contributed by atoms with Gasteiger partial charge < -0.3 is 4.74 Å². The number of rotatable bonds is 2. The molecule has 3 aromatic carbocycles. The van der Waals surface area contributed by atoms with Crippen LogP contribution in [0.15, 0.2) is 72.9 Å². The van der Waals surface area contributed by atoms with E-state index >= 15 is 0 Å². The van der Waals surface area contributed by atoms with Crippen molar-refractivity contribution in [3.05, 3.63) is 72.9 Å². The number of hydrogen-bond acceptors (Lipinski definition) is 2. The highest BCUT2D eigenvalue weighted by Crippen LogP contribution is 2.36. The highest BCUT2D eigenvalue weighted by atomic mass is 16.5. The van der Waals surface area contributed by atoms with Crippen LogP contribution in [0.4, 0.5) is 0 Å². The fraction of sp³-hybridized carbons (Fsp3) is 0.0500. The zero-order chi connectivity index (χ0) is 15.8. The monoisotopic (exact) mass is 286 g/mol. The predicted molar refractivity (Wildman–Crippen MR) is 91.2 cm³/mol. The van der Waals surface area contributed by atoms with Crippen molar-refractivity contribution in [2.24, 2.45) is 0 Å². The second-order valence-electron chi connectivity index (χ2n) is 5.19. The maximum atomic E-state index is 8.03. The van der Waals surface area contributed by atoms with Crippen molar-refractivity contribution < 1.29 is 6.11 Å². The van der Waals surface area contributed by atoms with Gasteiger partial charge in [-0.2, -0.15) is 0 Å². The number of methoxy groups -OCH3 is 1. The average molecular weight is 286 g/mol. The van der Waals surface area contributed by atoms with Gasteiger partial charge in [-0.15, -0.1) is 0 Å². The number of aromatic nitrogens is 1. The SMILES string of the molecule is [2H]c1cc2ccccc2c(-c2cccc3cccc(OC)c23)n1. The summed E-state index contributed by atoms with van der Waals surface area (Å²) >= 11 is 0. The van der Waals surface area contributed by atoms with E-state index in [0.717, 1.165) is 38.6 Å². The van der Waals surface area contributed by atoms with Gasteiger partial charge >= 0.3 is 0 Å². The van der Waals surface area contributed by atoms with Crippen molar-refractivity contribution in [3.63, 3.8) is 0 Å². The molecule has 0 saturated carbocycles. The molecular weight excluding hydrogens is 270 g/mol. The highest BCUT2D eigenvalue weighted by Gasteiger charge is 2.12. The molecule has 1 aromatic heterocycles. The van der Waals surface area contributed by atoms with Gasteiger partial charge in [0.25, 0.3) is 0 Å². The Hall–Kier alpha value is -2.87. The van der Waals surface area contributed by atoms with Crippen LogP contribution in [-0.4, -0.2) is 12.1 Å². The summed E-state index contributed by atoms with van der Waals surface area (Å²) in [5.41, 5.74) is 1.81. The molecule has 0 amide bonds. The Bertz CT molecular complexity index is 1020. The molecule has 0 bridgehead atoms. The van der Waals surface area contributed by atoms with Gasteiger partial charge in [0.15, 0.2) is 0 Å². The first-order valence-electron chi connectivity index (χ1n) is 7.70. The first-order valence-corrected chi connectivity index (χ1v) is 7.20. The Morgan fingerprint density at radius 1 is 0.864 bits per heavy atom. The summed E-state index contributed by atoms with van der Waals surface area (Å²) in [5, 5.41) is 4.19. The van der Waals surface area contributed by atoms with Gasteiger partial charge in [-0.05, 0) is 22.9 Å². The summed E-state index contributed by atoms with van der Waals surface area (Å²) < 4.78 is 13.6. The van der Waals surface area contributed by atoms with E-state index in [1.165, 1.54) is 0 Å². The molecule has 0 spiro atoms. The third-order valence-electron chi connectivity index (χ3n) is 3.95. The maximum absolute atomic E-state index is 8.03. The van der Waals surface area contributed by atoms with Crippen molar-refractivity contribution >= 4 is 21.5 Å². The van der Waals surface area contributed by atoms with Crippen LogP contribution in [0.25, 0.3) is 32.8 Å². The summed E-state index contributed by atoms with van der Waals surface area (Å²) in [5.74, 6) is 0.819. The second-order valence-corrected chi connectivity index (χ2v) is 5.19. The Morgan fingerprint density at radius 2 is 1.64 bits per heavy atom. The summed E-state index contributed by atoms with van der Waals surface area (Å²) in [4.78, 5) is 4.51. The first kappa shape index (κ1) is 11.8. The lowest BCUT2D eigenvalue weighted by Crippen LogP contribution is -1.91. The van der Waals surface area contributed by atoms with E-state index in [1.807, 2.05) is 48.5 Å². The Labute approximate surface area is 130 Å². The largest absolute Gasteiger partial charge is 0.496 e. The topological polar surface area (TPSA) is 22.1 Å². The van der Waals surface area contributed by atoms with Crippen LogP contribution < -0.4 is 4.74 Å². The molecule has 4 aromatic rings. The van der Waals surface area contributed by atoms with Crippen LogP contribution in [0.5, 0.6) is 5.75 Å². The summed E-state index contributed by atoms with van der Waals surface area (Å²) in [6.45, 7) is 0. The van der Waals surface area contributed by atoms with E-state index in [2.05, 4.69) is 17.1 Å². The molecule has 0 aliphatic carbocycles. The fourth-order valence-corrected chi connectivity index (χ4v) is 2.94. The molecule has 0 radical (unpaired) electrons. The van der Waals surface area contributed by atoms with Crippen molar-refractivity contribution in [2.45, 2.75) is 0 Å². The van der Waals surface area contributed by atoms with Gasteiger partial charge in [0.05, 0.1) is 14.2 Å². The molecule has 0 unspecified atom stereocenters. The standard InChI is InChI=1S/C20H15NO/c1-22-18-11-5-8-15-7-4-10-17(19(15)18)20-16-9-3-2-6-14(16)12-13-21-20/h2-13H,1H3/i13D.